The summed E-state index contributed by atoms with van der Waals surface area (Å²) in [4.78, 5) is 10.2. The van der Waals surface area contributed by atoms with Gasteiger partial charge in [-0.25, -0.2) is 0 Å². The Hall–Kier alpha value is -0.820. The zero-order valence-electron chi connectivity index (χ0n) is 8.50. The number of aliphatic carboxylic acids is 1. The lowest BCUT2D eigenvalue weighted by Gasteiger charge is -2.20. The normalized spacial score (nSPS) is 23.3. The molecule has 16 heavy (non-hydrogen) atoms. The Labute approximate surface area is 90.3 Å². The molecule has 0 aromatic carbocycles. The summed E-state index contributed by atoms with van der Waals surface area (Å²) in [6, 6.07) is 0. The van der Waals surface area contributed by atoms with Crippen molar-refractivity contribution in [1.29, 1.82) is 0 Å². The number of hydrogen-bond acceptors (Lipinski definition) is 3. The summed E-state index contributed by atoms with van der Waals surface area (Å²) in [7, 11) is 0. The van der Waals surface area contributed by atoms with Crippen molar-refractivity contribution in [3.05, 3.63) is 0 Å². The van der Waals surface area contributed by atoms with E-state index in [1.165, 1.54) is 0 Å². The van der Waals surface area contributed by atoms with Gasteiger partial charge >= 0.3 is 12.1 Å². The molecule has 0 aliphatic carbocycles. The van der Waals surface area contributed by atoms with Gasteiger partial charge in [0.2, 0.25) is 0 Å². The van der Waals surface area contributed by atoms with Crippen LogP contribution in [0.5, 0.6) is 0 Å². The molecular formula is C9H13F3O4. The van der Waals surface area contributed by atoms with Gasteiger partial charge in [0.1, 0.15) is 0 Å². The van der Waals surface area contributed by atoms with Crippen LogP contribution in [0.15, 0.2) is 0 Å². The molecule has 1 aliphatic rings. The minimum absolute atomic E-state index is 0.0707. The van der Waals surface area contributed by atoms with Gasteiger partial charge in [0.25, 0.3) is 0 Å². The van der Waals surface area contributed by atoms with E-state index in [0.717, 1.165) is 0 Å². The Kier molecular flexibility index (Phi) is 4.55. The molecule has 0 radical (unpaired) electrons. The van der Waals surface area contributed by atoms with E-state index < -0.39 is 24.7 Å². The fraction of sp³-hybridized carbons (Fsp3) is 0.889. The van der Waals surface area contributed by atoms with Crippen LogP contribution in [0.2, 0.25) is 0 Å². The molecule has 7 heteroatoms. The number of hydrogen-bond donors (Lipinski definition) is 1. The maximum absolute atomic E-state index is 12.3. The molecule has 0 amide bonds. The third-order valence-corrected chi connectivity index (χ3v) is 2.28. The van der Waals surface area contributed by atoms with Crippen LogP contribution in [0.25, 0.3) is 0 Å². The van der Waals surface area contributed by atoms with E-state index in [4.69, 9.17) is 9.84 Å². The first-order valence-corrected chi connectivity index (χ1v) is 4.87. The molecule has 0 aromatic rings. The molecule has 1 heterocycles. The van der Waals surface area contributed by atoms with Crippen LogP contribution < -0.4 is 0 Å². The molecule has 1 saturated heterocycles. The Morgan fingerprint density at radius 3 is 2.69 bits per heavy atom. The molecule has 0 bridgehead atoms. The summed E-state index contributed by atoms with van der Waals surface area (Å²) in [6.07, 6.45) is -7.28. The average Bonchev–Trinajstić information content (AvgIpc) is 2.62. The van der Waals surface area contributed by atoms with E-state index in [1.807, 2.05) is 0 Å². The molecular weight excluding hydrogens is 229 g/mol. The highest BCUT2D eigenvalue weighted by Crippen LogP contribution is 2.26. The van der Waals surface area contributed by atoms with Gasteiger partial charge in [-0.15, -0.1) is 0 Å². The Morgan fingerprint density at radius 2 is 2.25 bits per heavy atom. The maximum Gasteiger partial charge on any atom is 0.415 e. The van der Waals surface area contributed by atoms with E-state index in [-0.39, 0.29) is 12.5 Å². The minimum atomic E-state index is -4.64. The van der Waals surface area contributed by atoms with Crippen molar-refractivity contribution in [3.63, 3.8) is 0 Å². The zero-order valence-corrected chi connectivity index (χ0v) is 8.50. The van der Waals surface area contributed by atoms with E-state index >= 15 is 0 Å². The number of carbonyl (C=O) groups is 1. The fourth-order valence-electron chi connectivity index (χ4n) is 1.39. The zero-order chi connectivity index (χ0) is 12.2. The van der Waals surface area contributed by atoms with Crippen LogP contribution in [-0.4, -0.2) is 43.2 Å². The molecule has 4 nitrogen and oxygen atoms in total. The first kappa shape index (κ1) is 13.2. The van der Waals surface area contributed by atoms with Crippen LogP contribution in [0.3, 0.4) is 0 Å². The van der Waals surface area contributed by atoms with Crippen molar-refractivity contribution in [2.45, 2.75) is 25.1 Å². The second-order valence-corrected chi connectivity index (χ2v) is 3.69. The summed E-state index contributed by atoms with van der Waals surface area (Å²) < 4.78 is 46.6. The van der Waals surface area contributed by atoms with Gasteiger partial charge in [-0.2, -0.15) is 13.2 Å². The van der Waals surface area contributed by atoms with Gasteiger partial charge in [0.05, 0.1) is 19.6 Å². The Bertz CT molecular complexity index is 235. The van der Waals surface area contributed by atoms with E-state index in [9.17, 15) is 18.0 Å². The van der Waals surface area contributed by atoms with Crippen LogP contribution in [0.4, 0.5) is 13.2 Å². The minimum Gasteiger partial charge on any atom is -0.481 e. The van der Waals surface area contributed by atoms with Crippen molar-refractivity contribution >= 4 is 5.97 Å². The number of carboxylic acid groups (broad SMARTS) is 1. The highest BCUT2D eigenvalue weighted by Gasteiger charge is 2.42. The lowest BCUT2D eigenvalue weighted by Crippen LogP contribution is -2.35. The van der Waals surface area contributed by atoms with Crippen LogP contribution in [0, 0.1) is 5.92 Å². The third kappa shape index (κ3) is 4.36. The maximum atomic E-state index is 12.3. The van der Waals surface area contributed by atoms with Crippen LogP contribution >= 0.6 is 0 Å². The number of ether oxygens (including phenoxy) is 2. The number of alkyl halides is 3. The van der Waals surface area contributed by atoms with Crippen molar-refractivity contribution < 1.29 is 32.5 Å². The van der Waals surface area contributed by atoms with Gasteiger partial charge in [-0.05, 0) is 6.42 Å². The fourth-order valence-corrected chi connectivity index (χ4v) is 1.39. The average molecular weight is 242 g/mol. The molecule has 1 fully saturated rings. The summed E-state index contributed by atoms with van der Waals surface area (Å²) in [5.41, 5.74) is 0. The predicted molar refractivity (Wildman–Crippen MR) is 47.0 cm³/mol. The number of carboxylic acids is 1. The quantitative estimate of drug-likeness (QED) is 0.792. The van der Waals surface area contributed by atoms with Crippen molar-refractivity contribution in [2.75, 3.05) is 19.8 Å². The van der Waals surface area contributed by atoms with Crippen molar-refractivity contribution in [3.8, 4) is 0 Å². The summed E-state index contributed by atoms with van der Waals surface area (Å²) in [6.45, 7) is 0.777. The highest BCUT2D eigenvalue weighted by atomic mass is 19.4. The Balaban J connectivity index is 2.40. The number of halogens is 3. The van der Waals surface area contributed by atoms with E-state index in [1.54, 1.807) is 0 Å². The monoisotopic (exact) mass is 242 g/mol. The molecule has 0 saturated carbocycles. The van der Waals surface area contributed by atoms with Gasteiger partial charge in [0.15, 0.2) is 6.10 Å². The summed E-state index contributed by atoms with van der Waals surface area (Å²) in [5, 5.41) is 8.33. The first-order chi connectivity index (χ1) is 7.39. The molecule has 2 unspecified atom stereocenters. The van der Waals surface area contributed by atoms with Gasteiger partial charge < -0.3 is 14.6 Å². The third-order valence-electron chi connectivity index (χ3n) is 2.28. The second kappa shape index (κ2) is 5.49. The molecule has 2 atom stereocenters. The van der Waals surface area contributed by atoms with Crippen molar-refractivity contribution in [1.82, 2.24) is 0 Å². The van der Waals surface area contributed by atoms with Gasteiger partial charge in [-0.3, -0.25) is 4.79 Å². The predicted octanol–water partition coefficient (Wildman–Crippen LogP) is 1.45. The second-order valence-electron chi connectivity index (χ2n) is 3.69. The van der Waals surface area contributed by atoms with Crippen molar-refractivity contribution in [2.24, 2.45) is 5.92 Å². The van der Waals surface area contributed by atoms with Crippen LogP contribution in [0.1, 0.15) is 12.8 Å². The summed E-state index contributed by atoms with van der Waals surface area (Å²) in [5.74, 6) is -1.59. The number of rotatable bonds is 5. The largest absolute Gasteiger partial charge is 0.481 e. The smallest absolute Gasteiger partial charge is 0.415 e. The summed E-state index contributed by atoms with van der Waals surface area (Å²) >= 11 is 0. The molecule has 1 aliphatic heterocycles. The highest BCUT2D eigenvalue weighted by molar-refractivity contribution is 5.67. The van der Waals surface area contributed by atoms with E-state index in [0.29, 0.717) is 19.6 Å². The van der Waals surface area contributed by atoms with Crippen LogP contribution in [-0.2, 0) is 14.3 Å². The van der Waals surface area contributed by atoms with Gasteiger partial charge in [0, 0.05) is 12.5 Å². The van der Waals surface area contributed by atoms with Gasteiger partial charge in [-0.1, -0.05) is 0 Å². The molecule has 1 N–H and O–H groups in total. The first-order valence-electron chi connectivity index (χ1n) is 4.87. The molecule has 1 rings (SSSR count). The topological polar surface area (TPSA) is 55.8 Å². The molecule has 94 valence electrons. The molecule has 0 spiro atoms. The van der Waals surface area contributed by atoms with E-state index in [2.05, 4.69) is 4.74 Å². The molecule has 0 aromatic heterocycles. The SMILES string of the molecule is O=C(O)CC(OCC1CCOC1)C(F)(F)F. The lowest BCUT2D eigenvalue weighted by molar-refractivity contribution is -0.226. The Morgan fingerprint density at radius 1 is 1.56 bits per heavy atom. The standard InChI is InChI=1S/C9H13F3O4/c10-9(11,12)7(3-8(13)14)16-5-6-1-2-15-4-6/h6-7H,1-5H2,(H,13,14). The lowest BCUT2D eigenvalue weighted by atomic mass is 10.1.